The molecule has 2 aromatic carbocycles. The number of sulfonamides is 1. The van der Waals surface area contributed by atoms with Gasteiger partial charge in [-0.25, -0.2) is 18.4 Å². The molecule has 4 N–H and O–H groups in total. The number of para-hydroxylation sites is 1. The van der Waals surface area contributed by atoms with Crippen LogP contribution in [0.5, 0.6) is 11.5 Å². The van der Waals surface area contributed by atoms with Gasteiger partial charge in [0.25, 0.3) is 0 Å². The molecule has 0 saturated heterocycles. The smallest absolute Gasteiger partial charge is 0.335 e. The predicted octanol–water partition coefficient (Wildman–Crippen LogP) is 1.09. The van der Waals surface area contributed by atoms with E-state index in [1.165, 1.54) is 6.92 Å². The lowest BCUT2D eigenvalue weighted by molar-refractivity contribution is 0.0696. The van der Waals surface area contributed by atoms with Crippen LogP contribution in [-0.2, 0) is 10.0 Å². The molecular weight excluding hydrogens is 388 g/mol. The van der Waals surface area contributed by atoms with Crippen molar-refractivity contribution in [1.82, 2.24) is 0 Å². The highest BCUT2D eigenvalue weighted by Gasteiger charge is 2.28. The number of hydrogen-bond donors (Lipinski definition) is 3. The van der Waals surface area contributed by atoms with E-state index in [9.17, 15) is 18.3 Å². The number of carboxylic acids is 1. The minimum absolute atomic E-state index is 0.118. The van der Waals surface area contributed by atoms with Gasteiger partial charge >= 0.3 is 5.97 Å². The predicted molar refractivity (Wildman–Crippen MR) is 114 cm³/mol. The molecule has 2 aromatic rings. The maximum atomic E-state index is 12.1. The maximum absolute atomic E-state index is 12.1. The number of carbonyl (C=O) groups is 1. The Labute approximate surface area is 175 Å². The normalized spacial score (nSPS) is 12.3. The SMILES string of the molecule is [B]C([B])(C)CC([B])([B])Nc1cc(C(=O)O)cc(S(N)(=O)=O)c1Oc1ccccc1. The number of benzene rings is 2. The van der Waals surface area contributed by atoms with E-state index in [-0.39, 0.29) is 29.2 Å². The molecule has 0 aliphatic heterocycles. The van der Waals surface area contributed by atoms with Gasteiger partial charge in [0.15, 0.2) is 5.75 Å². The van der Waals surface area contributed by atoms with Gasteiger partial charge in [-0.1, -0.05) is 31.5 Å². The van der Waals surface area contributed by atoms with Crippen LogP contribution in [0.25, 0.3) is 0 Å². The first-order valence-corrected chi connectivity index (χ1v) is 9.83. The van der Waals surface area contributed by atoms with Crippen molar-refractivity contribution >= 4 is 53.1 Å². The van der Waals surface area contributed by atoms with Crippen molar-refractivity contribution in [2.75, 3.05) is 5.32 Å². The number of carboxylic acid groups (broad SMARTS) is 1. The van der Waals surface area contributed by atoms with Crippen LogP contribution in [-0.4, -0.2) is 56.2 Å². The molecule has 0 aliphatic rings. The molecule has 0 aromatic heterocycles. The zero-order valence-corrected chi connectivity index (χ0v) is 16.4. The van der Waals surface area contributed by atoms with Crippen LogP contribution in [0.2, 0.25) is 5.21 Å². The van der Waals surface area contributed by atoms with Crippen molar-refractivity contribution < 1.29 is 23.1 Å². The highest BCUT2D eigenvalue weighted by molar-refractivity contribution is 7.89. The molecule has 2 rings (SSSR count). The summed E-state index contributed by atoms with van der Waals surface area (Å²) in [7, 11) is 19.1. The number of rotatable bonds is 8. The lowest BCUT2D eigenvalue weighted by Crippen LogP contribution is -2.43. The van der Waals surface area contributed by atoms with Crippen molar-refractivity contribution in [3.05, 3.63) is 48.0 Å². The molecule has 12 heteroatoms. The summed E-state index contributed by atoms with van der Waals surface area (Å²) in [6, 6.07) is 10.2. The summed E-state index contributed by atoms with van der Waals surface area (Å²) in [6.07, 6.45) is -0.160. The third-order valence-electron chi connectivity index (χ3n) is 3.61. The van der Waals surface area contributed by atoms with Gasteiger partial charge in [0.2, 0.25) is 10.0 Å². The molecule has 0 atom stereocenters. The first-order valence-electron chi connectivity index (χ1n) is 8.29. The molecule has 0 bridgehead atoms. The van der Waals surface area contributed by atoms with Gasteiger partial charge in [-0.05, 0) is 29.6 Å². The summed E-state index contributed by atoms with van der Waals surface area (Å²) in [5.74, 6) is -1.41. The monoisotopic (exact) mass is 404 g/mol. The molecule has 142 valence electrons. The largest absolute Gasteiger partial charge is 0.478 e. The Morgan fingerprint density at radius 3 is 2.24 bits per heavy atom. The molecule has 29 heavy (non-hydrogen) atoms. The molecule has 8 radical (unpaired) electrons. The Morgan fingerprint density at radius 2 is 1.76 bits per heavy atom. The number of nitrogens with one attached hydrogen (secondary N) is 1. The summed E-state index contributed by atoms with van der Waals surface area (Å²) >= 11 is 0. The van der Waals surface area contributed by atoms with Crippen LogP contribution in [0.4, 0.5) is 5.69 Å². The molecule has 0 heterocycles. The molecule has 0 aliphatic carbocycles. The summed E-state index contributed by atoms with van der Waals surface area (Å²) < 4.78 is 30.0. The number of primary sulfonamides is 1. The van der Waals surface area contributed by atoms with Crippen LogP contribution in [0.3, 0.4) is 0 Å². The van der Waals surface area contributed by atoms with Crippen LogP contribution < -0.4 is 15.2 Å². The van der Waals surface area contributed by atoms with Gasteiger partial charge in [-0.15, -0.1) is 5.21 Å². The highest BCUT2D eigenvalue weighted by atomic mass is 32.2. The second-order valence-electron chi connectivity index (χ2n) is 6.96. The summed E-state index contributed by atoms with van der Waals surface area (Å²) in [6.45, 7) is 1.48. The van der Waals surface area contributed by atoms with E-state index in [4.69, 9.17) is 41.3 Å². The average molecular weight is 404 g/mol. The molecule has 0 unspecified atom stereocenters. The molecule has 0 saturated carbocycles. The first kappa shape index (κ1) is 23.0. The van der Waals surface area contributed by atoms with E-state index in [1.807, 2.05) is 0 Å². The standard InChI is InChI=1S/C17H16B4N2O5S/c1-16(18,19)9-17(20,21)23-12-7-10(15(24)25)8-13(29(22,26)27)14(12)28-11-5-3-2-4-6-11/h2-8,23H,9H2,1H3,(H,24,25)(H2,22,26,27). The third-order valence-corrected chi connectivity index (χ3v) is 4.53. The Bertz CT molecular complexity index is 1010. The molecule has 0 amide bonds. The minimum atomic E-state index is -4.38. The highest BCUT2D eigenvalue weighted by Crippen LogP contribution is 2.39. The van der Waals surface area contributed by atoms with E-state index in [0.29, 0.717) is 0 Å². The summed E-state index contributed by atoms with van der Waals surface area (Å²) in [5.41, 5.74) is -0.497. The number of nitrogens with two attached hydrogens (primary N) is 1. The number of hydrogen-bond acceptors (Lipinski definition) is 5. The van der Waals surface area contributed by atoms with Crippen molar-refractivity contribution in [2.45, 2.75) is 28.8 Å². The van der Waals surface area contributed by atoms with Gasteiger partial charge in [0.1, 0.15) is 10.6 Å². The topological polar surface area (TPSA) is 119 Å². The van der Waals surface area contributed by atoms with E-state index in [2.05, 4.69) is 5.32 Å². The Hall–Kier alpha value is -2.32. The van der Waals surface area contributed by atoms with Gasteiger partial charge in [-0.2, -0.15) is 0 Å². The molecule has 0 fully saturated rings. The Kier molecular flexibility index (Phi) is 6.49. The Balaban J connectivity index is 2.68. The first-order chi connectivity index (χ1) is 13.2. The van der Waals surface area contributed by atoms with Crippen LogP contribution in [0.1, 0.15) is 23.7 Å². The average Bonchev–Trinajstić information content (AvgIpc) is 2.53. The summed E-state index contributed by atoms with van der Waals surface area (Å²) in [4.78, 5) is 10.9. The van der Waals surface area contributed by atoms with Crippen LogP contribution in [0.15, 0.2) is 47.4 Å². The molecular formula is C17H16B4N2O5S. The second-order valence-corrected chi connectivity index (χ2v) is 8.49. The zero-order chi connectivity index (χ0) is 22.0. The van der Waals surface area contributed by atoms with Crippen molar-refractivity contribution in [3.8, 4) is 11.5 Å². The van der Waals surface area contributed by atoms with Crippen molar-refractivity contribution in [1.29, 1.82) is 0 Å². The lowest BCUT2D eigenvalue weighted by Gasteiger charge is -2.36. The number of aromatic carboxylic acids is 1. The van der Waals surface area contributed by atoms with E-state index in [1.54, 1.807) is 30.3 Å². The fourth-order valence-corrected chi connectivity index (χ4v) is 3.37. The van der Waals surface area contributed by atoms with Gasteiger partial charge < -0.3 is 15.2 Å². The van der Waals surface area contributed by atoms with Gasteiger partial charge in [0, 0.05) is 0 Å². The number of ether oxygens (including phenoxy) is 1. The molecule has 0 spiro atoms. The van der Waals surface area contributed by atoms with Crippen molar-refractivity contribution in [2.24, 2.45) is 5.14 Å². The summed E-state index contributed by atoms with van der Waals surface area (Å²) in [5, 5.41) is 14.3. The Morgan fingerprint density at radius 1 is 1.17 bits per heavy atom. The van der Waals surface area contributed by atoms with E-state index >= 15 is 0 Å². The maximum Gasteiger partial charge on any atom is 0.335 e. The van der Waals surface area contributed by atoms with E-state index in [0.717, 1.165) is 12.1 Å². The van der Waals surface area contributed by atoms with Gasteiger partial charge in [-0.3, -0.25) is 0 Å². The third kappa shape index (κ3) is 6.61. The zero-order valence-electron chi connectivity index (χ0n) is 15.6. The van der Waals surface area contributed by atoms with Crippen molar-refractivity contribution in [3.63, 3.8) is 0 Å². The fourth-order valence-electron chi connectivity index (χ4n) is 2.67. The second kappa shape index (κ2) is 8.20. The van der Waals surface area contributed by atoms with Crippen LogP contribution >= 0.6 is 0 Å². The quantitative estimate of drug-likeness (QED) is 0.568. The molecule has 7 nitrogen and oxygen atoms in total. The van der Waals surface area contributed by atoms with Crippen LogP contribution in [0, 0.1) is 0 Å². The number of anilines is 1. The minimum Gasteiger partial charge on any atom is -0.478 e. The van der Waals surface area contributed by atoms with E-state index < -0.39 is 31.4 Å². The lowest BCUT2D eigenvalue weighted by atomic mass is 9.45. The van der Waals surface area contributed by atoms with Gasteiger partial charge in [0.05, 0.1) is 42.6 Å². The fraction of sp³-hybridized carbons (Fsp3) is 0.235.